The predicted molar refractivity (Wildman–Crippen MR) is 200 cm³/mol. The molecule has 2 N–H and O–H groups in total. The molecule has 0 fully saturated rings. The molecule has 0 aromatic heterocycles. The van der Waals surface area contributed by atoms with Crippen LogP contribution in [-0.4, -0.2) is 21.7 Å². The molecule has 0 spiro atoms. The Morgan fingerprint density at radius 3 is 1.04 bits per heavy atom. The van der Waals surface area contributed by atoms with Gasteiger partial charge in [0.2, 0.25) is 0 Å². The molecular weight excluding hydrogens is 676 g/mol. The number of hydrogen-bond donors (Lipinski definition) is 2. The van der Waals surface area contributed by atoms with E-state index in [2.05, 4.69) is 24.5 Å². The van der Waals surface area contributed by atoms with E-state index in [0.717, 1.165) is 11.1 Å². The van der Waals surface area contributed by atoms with Crippen LogP contribution in [0.3, 0.4) is 0 Å². The van der Waals surface area contributed by atoms with Crippen molar-refractivity contribution in [2.45, 2.75) is 19.3 Å². The third-order valence-corrected chi connectivity index (χ3v) is 8.53. The molecule has 0 radical (unpaired) electrons. The standard InChI is InChI=1S/C41H32N4O8/c1-41(2,29-7-19-35(20-8-29)52-37-23-11-31(12-24-37)42-39(46)27-3-15-33(16-4-27)44(48)49)30-9-21-36(22-10-30)53-38-25-13-32(14-26-38)43-40(47)28-5-17-34(18-6-28)45(50)51/h3-26H,1-2H3,(H,42,46)(H,43,47). The Balaban J connectivity index is 1.01. The van der Waals surface area contributed by atoms with Gasteiger partial charge in [-0.25, -0.2) is 0 Å². The van der Waals surface area contributed by atoms with Crippen LogP contribution in [0, 0.1) is 20.2 Å². The van der Waals surface area contributed by atoms with Crippen LogP contribution in [0.15, 0.2) is 146 Å². The fourth-order valence-corrected chi connectivity index (χ4v) is 5.41. The molecule has 0 saturated heterocycles. The molecule has 0 atom stereocenters. The van der Waals surface area contributed by atoms with Gasteiger partial charge in [0, 0.05) is 52.2 Å². The lowest BCUT2D eigenvalue weighted by molar-refractivity contribution is -0.385. The number of non-ortho nitro benzene ring substituents is 2. The zero-order valence-electron chi connectivity index (χ0n) is 28.5. The SMILES string of the molecule is CC(C)(c1ccc(Oc2ccc(NC(=O)c3ccc([N+](=O)[O-])cc3)cc2)cc1)c1ccc(Oc2ccc(NC(=O)c3ccc([N+](=O)[O-])cc3)cc2)cc1. The lowest BCUT2D eigenvalue weighted by atomic mass is 9.78. The summed E-state index contributed by atoms with van der Waals surface area (Å²) in [5.41, 5.74) is 3.37. The van der Waals surface area contributed by atoms with E-state index in [1.807, 2.05) is 48.5 Å². The molecule has 0 aliphatic carbocycles. The van der Waals surface area contributed by atoms with Gasteiger partial charge in [-0.1, -0.05) is 38.1 Å². The lowest BCUT2D eigenvalue weighted by Crippen LogP contribution is -2.18. The summed E-state index contributed by atoms with van der Waals surface area (Å²) in [6, 6.07) is 40.2. The fraction of sp³-hybridized carbons (Fsp3) is 0.0732. The first kappa shape index (κ1) is 35.5. The minimum absolute atomic E-state index is 0.0859. The van der Waals surface area contributed by atoms with Crippen molar-refractivity contribution >= 4 is 34.6 Å². The van der Waals surface area contributed by atoms with Gasteiger partial charge < -0.3 is 20.1 Å². The van der Waals surface area contributed by atoms with E-state index in [-0.39, 0.29) is 28.6 Å². The van der Waals surface area contributed by atoms with Gasteiger partial charge >= 0.3 is 0 Å². The largest absolute Gasteiger partial charge is 0.457 e. The zero-order chi connectivity index (χ0) is 37.5. The predicted octanol–water partition coefficient (Wildman–Crippen LogP) is 9.92. The third-order valence-electron chi connectivity index (χ3n) is 8.53. The van der Waals surface area contributed by atoms with Crippen LogP contribution in [0.5, 0.6) is 23.0 Å². The van der Waals surface area contributed by atoms with Crippen LogP contribution in [0.1, 0.15) is 45.7 Å². The molecule has 0 aliphatic rings. The molecule has 0 bridgehead atoms. The first-order chi connectivity index (χ1) is 25.4. The Morgan fingerprint density at radius 2 is 0.755 bits per heavy atom. The monoisotopic (exact) mass is 708 g/mol. The Kier molecular flexibility index (Phi) is 10.2. The van der Waals surface area contributed by atoms with Crippen molar-refractivity contribution in [2.24, 2.45) is 0 Å². The number of carbonyl (C=O) groups excluding carboxylic acids is 2. The van der Waals surface area contributed by atoms with E-state index in [0.29, 0.717) is 45.5 Å². The van der Waals surface area contributed by atoms with Gasteiger partial charge in [-0.05, 0) is 108 Å². The maximum absolute atomic E-state index is 12.5. The smallest absolute Gasteiger partial charge is 0.269 e. The average Bonchev–Trinajstić information content (AvgIpc) is 3.17. The molecule has 53 heavy (non-hydrogen) atoms. The van der Waals surface area contributed by atoms with Gasteiger partial charge in [-0.15, -0.1) is 0 Å². The molecule has 6 aromatic rings. The highest BCUT2D eigenvalue weighted by Crippen LogP contribution is 2.35. The maximum Gasteiger partial charge on any atom is 0.269 e. The normalized spacial score (nSPS) is 10.9. The molecule has 6 rings (SSSR count). The second-order valence-electron chi connectivity index (χ2n) is 12.4. The van der Waals surface area contributed by atoms with Gasteiger partial charge in [-0.2, -0.15) is 0 Å². The minimum atomic E-state index is -0.517. The van der Waals surface area contributed by atoms with Gasteiger partial charge in [0.25, 0.3) is 23.2 Å². The topological polar surface area (TPSA) is 163 Å². The number of nitrogens with one attached hydrogen (secondary N) is 2. The molecule has 12 nitrogen and oxygen atoms in total. The number of benzene rings is 6. The Hall–Kier alpha value is -7.34. The van der Waals surface area contributed by atoms with Crippen molar-refractivity contribution in [2.75, 3.05) is 10.6 Å². The summed E-state index contributed by atoms with van der Waals surface area (Å²) in [7, 11) is 0. The van der Waals surface area contributed by atoms with E-state index in [4.69, 9.17) is 9.47 Å². The van der Waals surface area contributed by atoms with Crippen LogP contribution in [0.4, 0.5) is 22.7 Å². The average molecular weight is 709 g/mol. The number of hydrogen-bond acceptors (Lipinski definition) is 8. The van der Waals surface area contributed by atoms with Crippen molar-refractivity contribution < 1.29 is 28.9 Å². The number of anilines is 2. The molecule has 0 saturated carbocycles. The fourth-order valence-electron chi connectivity index (χ4n) is 5.41. The first-order valence-electron chi connectivity index (χ1n) is 16.3. The van der Waals surface area contributed by atoms with Crippen LogP contribution >= 0.6 is 0 Å². The quantitative estimate of drug-likeness (QED) is 0.0937. The zero-order valence-corrected chi connectivity index (χ0v) is 28.5. The molecule has 0 aliphatic heterocycles. The number of nitro benzene ring substituents is 2. The van der Waals surface area contributed by atoms with Gasteiger partial charge in [-0.3, -0.25) is 29.8 Å². The molecule has 2 amide bonds. The Labute approximate surface area is 303 Å². The number of nitro groups is 2. The van der Waals surface area contributed by atoms with Crippen molar-refractivity contribution in [3.8, 4) is 23.0 Å². The highest BCUT2D eigenvalue weighted by atomic mass is 16.6. The van der Waals surface area contributed by atoms with E-state index in [1.165, 1.54) is 48.5 Å². The van der Waals surface area contributed by atoms with Gasteiger partial charge in [0.05, 0.1) is 9.85 Å². The van der Waals surface area contributed by atoms with E-state index in [9.17, 15) is 29.8 Å². The van der Waals surface area contributed by atoms with Crippen molar-refractivity contribution in [3.63, 3.8) is 0 Å². The molecule has 264 valence electrons. The van der Waals surface area contributed by atoms with Crippen molar-refractivity contribution in [3.05, 3.63) is 188 Å². The second-order valence-corrected chi connectivity index (χ2v) is 12.4. The number of ether oxygens (including phenoxy) is 2. The van der Waals surface area contributed by atoms with E-state index in [1.54, 1.807) is 48.5 Å². The Bertz CT molecular complexity index is 2090. The summed E-state index contributed by atoms with van der Waals surface area (Å²) < 4.78 is 12.1. The van der Waals surface area contributed by atoms with Crippen LogP contribution in [0.25, 0.3) is 0 Å². The van der Waals surface area contributed by atoms with Crippen LogP contribution < -0.4 is 20.1 Å². The molecule has 0 unspecified atom stereocenters. The molecule has 0 heterocycles. The van der Waals surface area contributed by atoms with Gasteiger partial charge in [0.15, 0.2) is 0 Å². The van der Waals surface area contributed by atoms with Crippen LogP contribution in [-0.2, 0) is 5.41 Å². The second kappa shape index (κ2) is 15.3. The number of rotatable bonds is 12. The van der Waals surface area contributed by atoms with E-state index < -0.39 is 9.85 Å². The molecule has 6 aromatic carbocycles. The number of nitrogens with zero attached hydrogens (tertiary/aromatic N) is 2. The molecule has 12 heteroatoms. The van der Waals surface area contributed by atoms with E-state index >= 15 is 0 Å². The third kappa shape index (κ3) is 8.70. The van der Waals surface area contributed by atoms with Crippen molar-refractivity contribution in [1.29, 1.82) is 0 Å². The summed E-state index contributed by atoms with van der Waals surface area (Å²) in [6.07, 6.45) is 0. The summed E-state index contributed by atoms with van der Waals surface area (Å²) >= 11 is 0. The van der Waals surface area contributed by atoms with Crippen LogP contribution in [0.2, 0.25) is 0 Å². The lowest BCUT2D eigenvalue weighted by Gasteiger charge is -2.26. The van der Waals surface area contributed by atoms with Crippen molar-refractivity contribution in [1.82, 2.24) is 0 Å². The number of amides is 2. The summed E-state index contributed by atoms with van der Waals surface area (Å²) in [6.45, 7) is 4.26. The maximum atomic E-state index is 12.5. The molecular formula is C41H32N4O8. The highest BCUT2D eigenvalue weighted by Gasteiger charge is 2.23. The number of carbonyl (C=O) groups is 2. The summed E-state index contributed by atoms with van der Waals surface area (Å²) in [5.74, 6) is 1.70. The summed E-state index contributed by atoms with van der Waals surface area (Å²) in [4.78, 5) is 45.7. The minimum Gasteiger partial charge on any atom is -0.457 e. The Morgan fingerprint density at radius 1 is 0.472 bits per heavy atom. The first-order valence-corrected chi connectivity index (χ1v) is 16.3. The summed E-state index contributed by atoms with van der Waals surface area (Å²) in [5, 5.41) is 27.2. The highest BCUT2D eigenvalue weighted by molar-refractivity contribution is 6.05. The van der Waals surface area contributed by atoms with Gasteiger partial charge in [0.1, 0.15) is 23.0 Å².